The van der Waals surface area contributed by atoms with Gasteiger partial charge < -0.3 is 0 Å². The van der Waals surface area contributed by atoms with Gasteiger partial charge >= 0.3 is 0 Å². The third-order valence-corrected chi connectivity index (χ3v) is 30.2. The fourth-order valence-electron chi connectivity index (χ4n) is 9.53. The van der Waals surface area contributed by atoms with E-state index in [-0.39, 0.29) is 0 Å². The Morgan fingerprint density at radius 3 is 1.05 bits per heavy atom. The lowest BCUT2D eigenvalue weighted by atomic mass is 10.2. The molecular weight excluding hydrogens is 769 g/mol. The maximum atomic E-state index is 3.06. The van der Waals surface area contributed by atoms with E-state index >= 15 is 0 Å². The van der Waals surface area contributed by atoms with Crippen molar-refractivity contribution in [2.45, 2.75) is 189 Å². The van der Waals surface area contributed by atoms with Crippen LogP contribution >= 0.6 is 16.1 Å². The van der Waals surface area contributed by atoms with Crippen molar-refractivity contribution in [2.24, 2.45) is 0 Å². The molecule has 0 aromatic heterocycles. The molecule has 0 radical (unpaired) electrons. The third kappa shape index (κ3) is 12.6. The first-order valence-corrected chi connectivity index (χ1v) is 31.7. The Bertz CT molecular complexity index is 1610. The maximum absolute atomic E-state index is 3.06. The average Bonchev–Trinajstić information content (AvgIpc) is 3.24. The molecule has 0 aliphatic heterocycles. The summed E-state index contributed by atoms with van der Waals surface area (Å²) < 4.78 is 3.06. The van der Waals surface area contributed by atoms with Gasteiger partial charge in [0.1, 0.15) is 0 Å². The van der Waals surface area contributed by atoms with Gasteiger partial charge in [0, 0.05) is 22.2 Å². The van der Waals surface area contributed by atoms with Gasteiger partial charge in [-0.1, -0.05) is 262 Å². The van der Waals surface area contributed by atoms with Crippen LogP contribution in [0.2, 0.25) is 36.3 Å². The first-order valence-electron chi connectivity index (χ1n) is 23.9. The lowest BCUT2D eigenvalue weighted by Crippen LogP contribution is -2.49. The molecule has 0 atom stereocenters. The van der Waals surface area contributed by atoms with Gasteiger partial charge in [0.2, 0.25) is 0 Å². The number of unbranched alkanes of at least 4 members (excludes halogenated alkanes) is 6. The summed E-state index contributed by atoms with van der Waals surface area (Å²) in [6.45, 7) is 24.2. The highest BCUT2D eigenvalue weighted by atomic mass is 31.2. The van der Waals surface area contributed by atoms with Crippen LogP contribution in [0.3, 0.4) is 0 Å². The summed E-state index contributed by atoms with van der Waals surface area (Å²) in [4.78, 5) is 0. The highest BCUT2D eigenvalue weighted by Crippen LogP contribution is 2.56. The molecule has 4 aromatic carbocycles. The minimum absolute atomic E-state index is 0.355. The lowest BCUT2D eigenvalue weighted by molar-refractivity contribution is 0.583. The zero-order valence-electron chi connectivity index (χ0n) is 38.9. The highest BCUT2D eigenvalue weighted by molar-refractivity contribution is 7.84. The van der Waals surface area contributed by atoms with Crippen molar-refractivity contribution in [1.82, 2.24) is 4.44 Å². The normalized spacial score (nSPS) is 12.4. The standard InChI is InChI=1S/C53H83NP2Si2/c1-11-17-37-57(38-18-12-2,39-19-13-3)50-33-27-31-48(43-50)55(49-32-28-34-51(44-49)58(40-20-14-4,41-21-15-5)42-22-16-6)54(45(7)8)56(52-35-25-23-29-46(52)9)53-36-26-24-30-47(53)10/h23-36,43-45H,11-22,37-42H2,1-10H3. The van der Waals surface area contributed by atoms with Gasteiger partial charge in [0.05, 0.1) is 16.1 Å². The topological polar surface area (TPSA) is 3.24 Å². The quantitative estimate of drug-likeness (QED) is 0.0427. The molecule has 0 bridgehead atoms. The number of aryl methyl sites for hydroxylation is 2. The lowest BCUT2D eigenvalue weighted by Gasteiger charge is -2.43. The van der Waals surface area contributed by atoms with E-state index in [4.69, 9.17) is 0 Å². The van der Waals surface area contributed by atoms with Crippen LogP contribution in [0.4, 0.5) is 0 Å². The summed E-state index contributed by atoms with van der Waals surface area (Å²) in [5, 5.41) is 9.68. The monoisotopic (exact) mass is 852 g/mol. The number of rotatable bonds is 27. The first kappa shape index (κ1) is 48.8. The molecule has 0 heterocycles. The Labute approximate surface area is 363 Å². The average molecular weight is 852 g/mol. The Balaban J connectivity index is 2.11. The van der Waals surface area contributed by atoms with Gasteiger partial charge in [-0.2, -0.15) is 0 Å². The molecule has 0 unspecified atom stereocenters. The Kier molecular flexibility index (Phi) is 21.2. The van der Waals surface area contributed by atoms with Gasteiger partial charge in [-0.3, -0.25) is 0 Å². The SMILES string of the molecule is CCCC[Si](CCCC)(CCCC)c1cccc(P(c2cccc([Si](CCCC)(CCCC)CCCC)c2)N(C(C)C)P(c2ccccc2C)c2ccccc2C)c1. The second-order valence-corrected chi connectivity index (χ2v) is 31.6. The van der Waals surface area contributed by atoms with Crippen molar-refractivity contribution < 1.29 is 0 Å². The van der Waals surface area contributed by atoms with Gasteiger partial charge in [0.15, 0.2) is 0 Å². The molecule has 0 saturated carbocycles. The van der Waals surface area contributed by atoms with E-state index in [1.54, 1.807) is 21.0 Å². The smallest absolute Gasteiger partial charge is 0.0867 e. The number of benzene rings is 4. The number of hydrogen-bond donors (Lipinski definition) is 0. The largest absolute Gasteiger partial charge is 0.242 e. The molecule has 0 N–H and O–H groups in total. The molecule has 5 heteroatoms. The molecule has 4 aromatic rings. The summed E-state index contributed by atoms with van der Waals surface area (Å²) in [6, 6.07) is 48.6. The summed E-state index contributed by atoms with van der Waals surface area (Å²) in [5.41, 5.74) is 2.82. The van der Waals surface area contributed by atoms with E-state index in [2.05, 4.69) is 171 Å². The molecule has 4 rings (SSSR count). The van der Waals surface area contributed by atoms with Crippen LogP contribution in [0, 0.1) is 13.8 Å². The molecule has 318 valence electrons. The van der Waals surface area contributed by atoms with Crippen LogP contribution < -0.4 is 31.6 Å². The maximum Gasteiger partial charge on any atom is 0.0867 e. The van der Waals surface area contributed by atoms with E-state index < -0.39 is 32.3 Å². The predicted octanol–water partition coefficient (Wildman–Crippen LogP) is 14.5. The van der Waals surface area contributed by atoms with Crippen molar-refractivity contribution in [3.8, 4) is 0 Å². The molecule has 1 nitrogen and oxygen atoms in total. The summed E-state index contributed by atoms with van der Waals surface area (Å²) in [5.74, 6) is 0. The van der Waals surface area contributed by atoms with E-state index in [1.165, 1.54) is 135 Å². The van der Waals surface area contributed by atoms with E-state index in [0.29, 0.717) is 6.04 Å². The van der Waals surface area contributed by atoms with Gasteiger partial charge in [-0.15, -0.1) is 0 Å². The van der Waals surface area contributed by atoms with Crippen molar-refractivity contribution in [3.63, 3.8) is 0 Å². The molecular formula is C53H83NP2Si2. The molecule has 58 heavy (non-hydrogen) atoms. The molecule has 0 aliphatic rings. The predicted molar refractivity (Wildman–Crippen MR) is 274 cm³/mol. The van der Waals surface area contributed by atoms with Gasteiger partial charge in [-0.05, 0) is 60.0 Å². The van der Waals surface area contributed by atoms with Crippen LogP contribution in [-0.4, -0.2) is 26.6 Å². The summed E-state index contributed by atoms with van der Waals surface area (Å²) in [6.07, 6.45) is 16.0. The minimum atomic E-state index is -1.73. The van der Waals surface area contributed by atoms with Crippen LogP contribution in [-0.2, 0) is 0 Å². The van der Waals surface area contributed by atoms with E-state index in [0.717, 1.165) is 0 Å². The number of hydrogen-bond acceptors (Lipinski definition) is 1. The molecule has 0 saturated heterocycles. The van der Waals surface area contributed by atoms with Crippen molar-refractivity contribution in [1.29, 1.82) is 0 Å². The van der Waals surface area contributed by atoms with Crippen molar-refractivity contribution in [2.75, 3.05) is 0 Å². The van der Waals surface area contributed by atoms with Crippen molar-refractivity contribution in [3.05, 3.63) is 108 Å². The molecule has 0 spiro atoms. The van der Waals surface area contributed by atoms with E-state index in [1.807, 2.05) is 0 Å². The second kappa shape index (κ2) is 25.2. The fourth-order valence-corrected chi connectivity index (χ4v) is 27.6. The van der Waals surface area contributed by atoms with Crippen molar-refractivity contribution >= 4 is 63.9 Å². The Morgan fingerprint density at radius 2 is 0.759 bits per heavy atom. The van der Waals surface area contributed by atoms with Gasteiger partial charge in [0.25, 0.3) is 0 Å². The summed E-state index contributed by atoms with van der Waals surface area (Å²) >= 11 is 0. The van der Waals surface area contributed by atoms with Crippen LogP contribution in [0.1, 0.15) is 144 Å². The van der Waals surface area contributed by atoms with Crippen LogP contribution in [0.15, 0.2) is 97.1 Å². The molecule has 0 fully saturated rings. The van der Waals surface area contributed by atoms with Crippen LogP contribution in [0.5, 0.6) is 0 Å². The second-order valence-electron chi connectivity index (χ2n) is 17.9. The van der Waals surface area contributed by atoms with E-state index in [9.17, 15) is 0 Å². The molecule has 0 aliphatic carbocycles. The zero-order chi connectivity index (χ0) is 42.0. The summed E-state index contributed by atoms with van der Waals surface area (Å²) in [7, 11) is -5.15. The first-order chi connectivity index (χ1) is 28.1. The zero-order valence-corrected chi connectivity index (χ0v) is 42.7. The minimum Gasteiger partial charge on any atom is -0.242 e. The third-order valence-electron chi connectivity index (χ3n) is 13.0. The van der Waals surface area contributed by atoms with Gasteiger partial charge in [-0.25, -0.2) is 4.44 Å². The Morgan fingerprint density at radius 1 is 0.431 bits per heavy atom. The Hall–Kier alpha value is -1.87. The number of nitrogens with zero attached hydrogens (tertiary/aromatic N) is 1. The van der Waals surface area contributed by atoms with Crippen LogP contribution in [0.25, 0.3) is 0 Å². The highest BCUT2D eigenvalue weighted by Gasteiger charge is 2.39. The fraction of sp³-hybridized carbons (Fsp3) is 0.547. The molecule has 0 amide bonds.